The third-order valence-electron chi connectivity index (χ3n) is 3.71. The largest absolute Gasteiger partial charge is 0.288 e. The van der Waals surface area contributed by atoms with Gasteiger partial charge in [0.1, 0.15) is 0 Å². The van der Waals surface area contributed by atoms with E-state index in [9.17, 15) is 13.2 Å². The summed E-state index contributed by atoms with van der Waals surface area (Å²) in [7, 11) is -3.70. The molecule has 3 rings (SSSR count). The number of sulfonamides is 1. The van der Waals surface area contributed by atoms with Gasteiger partial charge in [-0.1, -0.05) is 42.0 Å². The maximum absolute atomic E-state index is 12.6. The molecule has 0 fully saturated rings. The number of benzene rings is 2. The zero-order chi connectivity index (χ0) is 18.6. The van der Waals surface area contributed by atoms with E-state index in [1.165, 1.54) is 17.4 Å². The number of ketones is 1. The maximum Gasteiger partial charge on any atom is 0.261 e. The molecule has 0 spiro atoms. The summed E-state index contributed by atoms with van der Waals surface area (Å²) in [5, 5.41) is 1.84. The van der Waals surface area contributed by atoms with Crippen molar-refractivity contribution in [2.45, 2.75) is 11.8 Å². The molecule has 3 aromatic rings. The van der Waals surface area contributed by atoms with Crippen LogP contribution in [0, 0.1) is 6.92 Å². The summed E-state index contributed by atoms with van der Waals surface area (Å²) in [6, 6.07) is 17.2. The Kier molecular flexibility index (Phi) is 5.35. The number of nitrogens with one attached hydrogen (secondary N) is 1. The highest BCUT2D eigenvalue weighted by atomic mass is 32.2. The first-order chi connectivity index (χ1) is 12.5. The molecule has 1 heterocycles. The van der Waals surface area contributed by atoms with Crippen molar-refractivity contribution in [1.82, 2.24) is 0 Å². The van der Waals surface area contributed by atoms with Crippen molar-refractivity contribution in [2.75, 3.05) is 4.72 Å². The van der Waals surface area contributed by atoms with E-state index in [0.29, 0.717) is 16.1 Å². The molecule has 0 unspecified atom stereocenters. The molecule has 1 N–H and O–H groups in total. The average Bonchev–Trinajstić information content (AvgIpc) is 3.15. The van der Waals surface area contributed by atoms with E-state index >= 15 is 0 Å². The summed E-state index contributed by atoms with van der Waals surface area (Å²) < 4.78 is 27.8. The topological polar surface area (TPSA) is 63.2 Å². The van der Waals surface area contributed by atoms with Gasteiger partial charge in [-0.05, 0) is 54.3 Å². The van der Waals surface area contributed by atoms with Crippen molar-refractivity contribution in [1.29, 1.82) is 0 Å². The Labute approximate surface area is 156 Å². The second-order valence-corrected chi connectivity index (χ2v) is 8.31. The maximum atomic E-state index is 12.6. The van der Waals surface area contributed by atoms with E-state index < -0.39 is 10.0 Å². The first kappa shape index (κ1) is 18.1. The van der Waals surface area contributed by atoms with Crippen LogP contribution < -0.4 is 4.72 Å². The highest BCUT2D eigenvalue weighted by Gasteiger charge is 2.15. The molecule has 0 aliphatic rings. The third-order valence-corrected chi connectivity index (χ3v) is 5.98. The van der Waals surface area contributed by atoms with Crippen LogP contribution in [-0.2, 0) is 10.0 Å². The molecule has 0 bridgehead atoms. The van der Waals surface area contributed by atoms with Crippen molar-refractivity contribution in [3.8, 4) is 0 Å². The molecule has 0 aliphatic heterocycles. The molecule has 0 saturated heterocycles. The van der Waals surface area contributed by atoms with E-state index in [2.05, 4.69) is 4.72 Å². The fraction of sp³-hybridized carbons (Fsp3) is 0.0500. The summed E-state index contributed by atoms with van der Waals surface area (Å²) in [6.45, 7) is 1.90. The Morgan fingerprint density at radius 1 is 1.00 bits per heavy atom. The molecule has 26 heavy (non-hydrogen) atoms. The van der Waals surface area contributed by atoms with Crippen molar-refractivity contribution < 1.29 is 13.2 Å². The van der Waals surface area contributed by atoms with Gasteiger partial charge in [-0.25, -0.2) is 8.42 Å². The lowest BCUT2D eigenvalue weighted by molar-refractivity contribution is 0.105. The lowest BCUT2D eigenvalue weighted by atomic mass is 10.1. The normalized spacial score (nSPS) is 11.6. The van der Waals surface area contributed by atoms with Crippen LogP contribution in [0.3, 0.4) is 0 Å². The quantitative estimate of drug-likeness (QED) is 0.493. The Morgan fingerprint density at radius 2 is 1.73 bits per heavy atom. The number of thiophene rings is 1. The van der Waals surface area contributed by atoms with Crippen molar-refractivity contribution in [3.05, 3.63) is 88.1 Å². The molecule has 4 nitrogen and oxygen atoms in total. The number of para-hydroxylation sites is 1. The van der Waals surface area contributed by atoms with Crippen LogP contribution in [0.4, 0.5) is 5.69 Å². The summed E-state index contributed by atoms with van der Waals surface area (Å²) >= 11 is 1.37. The first-order valence-electron chi connectivity index (χ1n) is 7.90. The molecular formula is C20H17NO3S2. The second kappa shape index (κ2) is 7.68. The van der Waals surface area contributed by atoms with Gasteiger partial charge in [-0.15, -0.1) is 11.3 Å². The predicted molar refractivity (Wildman–Crippen MR) is 106 cm³/mol. The number of carbonyl (C=O) groups excluding carboxylic acids is 1. The highest BCUT2D eigenvalue weighted by molar-refractivity contribution is 7.92. The zero-order valence-electron chi connectivity index (χ0n) is 14.0. The van der Waals surface area contributed by atoms with Crippen LogP contribution in [0.1, 0.15) is 20.8 Å². The molecule has 0 saturated carbocycles. The Morgan fingerprint density at radius 3 is 2.42 bits per heavy atom. The number of hydrogen-bond acceptors (Lipinski definition) is 4. The predicted octanol–water partition coefficient (Wildman–Crippen LogP) is 4.75. The van der Waals surface area contributed by atoms with Gasteiger partial charge in [-0.3, -0.25) is 9.52 Å². The molecule has 132 valence electrons. The highest BCUT2D eigenvalue weighted by Crippen LogP contribution is 2.22. The minimum absolute atomic E-state index is 0.115. The summed E-state index contributed by atoms with van der Waals surface area (Å²) in [6.07, 6.45) is 3.07. The average molecular weight is 383 g/mol. The van der Waals surface area contributed by atoms with Crippen LogP contribution in [-0.4, -0.2) is 14.2 Å². The Hall–Kier alpha value is -2.70. The van der Waals surface area contributed by atoms with E-state index in [4.69, 9.17) is 0 Å². The molecule has 2 aromatic carbocycles. The standard InChI is InChI=1S/C20H17NO3S2/c1-15-8-11-17(12-9-15)26(23,24)21-18-6-3-2-5-16(18)10-13-19(22)20-7-4-14-25-20/h2-14,21H,1H3/b13-10+. The molecular weight excluding hydrogens is 366 g/mol. The van der Waals surface area contributed by atoms with E-state index in [0.717, 1.165) is 5.56 Å². The first-order valence-corrected chi connectivity index (χ1v) is 10.3. The molecule has 0 aliphatic carbocycles. The Balaban J connectivity index is 1.85. The van der Waals surface area contributed by atoms with Gasteiger partial charge >= 0.3 is 0 Å². The van der Waals surface area contributed by atoms with E-state index in [1.54, 1.807) is 60.7 Å². The van der Waals surface area contributed by atoms with Gasteiger partial charge in [0.2, 0.25) is 0 Å². The van der Waals surface area contributed by atoms with Crippen LogP contribution in [0.5, 0.6) is 0 Å². The minimum Gasteiger partial charge on any atom is -0.288 e. The number of allylic oxidation sites excluding steroid dienone is 1. The minimum atomic E-state index is -3.70. The van der Waals surface area contributed by atoms with Gasteiger partial charge in [-0.2, -0.15) is 0 Å². The fourth-order valence-corrected chi connectivity index (χ4v) is 4.06. The van der Waals surface area contributed by atoms with Crippen molar-refractivity contribution in [3.63, 3.8) is 0 Å². The second-order valence-electron chi connectivity index (χ2n) is 5.68. The lowest BCUT2D eigenvalue weighted by Crippen LogP contribution is -2.13. The Bertz CT molecular complexity index is 1030. The molecule has 0 radical (unpaired) electrons. The van der Waals surface area contributed by atoms with Crippen molar-refractivity contribution >= 4 is 38.9 Å². The van der Waals surface area contributed by atoms with E-state index in [1.807, 2.05) is 18.4 Å². The fourth-order valence-electron chi connectivity index (χ4n) is 2.32. The van der Waals surface area contributed by atoms with E-state index in [-0.39, 0.29) is 10.7 Å². The zero-order valence-corrected chi connectivity index (χ0v) is 15.7. The number of rotatable bonds is 6. The van der Waals surface area contributed by atoms with Crippen LogP contribution >= 0.6 is 11.3 Å². The molecule has 0 atom stereocenters. The number of aryl methyl sites for hydroxylation is 1. The summed E-state index contributed by atoms with van der Waals surface area (Å²) in [5.41, 5.74) is 2.02. The van der Waals surface area contributed by atoms with Gasteiger partial charge in [0.15, 0.2) is 5.78 Å². The molecule has 1 aromatic heterocycles. The molecule has 0 amide bonds. The van der Waals surface area contributed by atoms with Crippen LogP contribution in [0.25, 0.3) is 6.08 Å². The van der Waals surface area contributed by atoms with Gasteiger partial charge in [0, 0.05) is 0 Å². The van der Waals surface area contributed by atoms with Gasteiger partial charge < -0.3 is 0 Å². The lowest BCUT2D eigenvalue weighted by Gasteiger charge is -2.11. The number of anilines is 1. The summed E-state index contributed by atoms with van der Waals surface area (Å²) in [4.78, 5) is 12.9. The monoisotopic (exact) mass is 383 g/mol. The van der Waals surface area contributed by atoms with Gasteiger partial charge in [0.25, 0.3) is 10.0 Å². The molecule has 6 heteroatoms. The third kappa shape index (κ3) is 4.28. The van der Waals surface area contributed by atoms with Crippen LogP contribution in [0.15, 0.2) is 77.0 Å². The van der Waals surface area contributed by atoms with Crippen LogP contribution in [0.2, 0.25) is 0 Å². The SMILES string of the molecule is Cc1ccc(S(=O)(=O)Nc2ccccc2/C=C/C(=O)c2cccs2)cc1. The summed E-state index contributed by atoms with van der Waals surface area (Å²) in [5.74, 6) is -0.115. The smallest absolute Gasteiger partial charge is 0.261 e. The number of hydrogen-bond donors (Lipinski definition) is 1. The van der Waals surface area contributed by atoms with Crippen molar-refractivity contribution in [2.24, 2.45) is 0 Å². The number of carbonyl (C=O) groups is 1. The van der Waals surface area contributed by atoms with Gasteiger partial charge in [0.05, 0.1) is 15.5 Å².